The third kappa shape index (κ3) is 6.40. The second kappa shape index (κ2) is 10.9. The van der Waals surface area contributed by atoms with E-state index < -0.39 is 23.8 Å². The van der Waals surface area contributed by atoms with Crippen LogP contribution in [0.2, 0.25) is 0 Å². The Bertz CT molecular complexity index is 1370. The molecule has 0 atom stereocenters. The number of carboxylic acids is 2. The molecule has 0 spiro atoms. The van der Waals surface area contributed by atoms with Gasteiger partial charge in [-0.15, -0.1) is 0 Å². The number of carboxylic acid groups (broad SMARTS) is 2. The molecule has 0 aliphatic carbocycles. The number of carbonyl (C=O) groups excluding carboxylic acids is 2. The van der Waals surface area contributed by atoms with Crippen LogP contribution in [0.15, 0.2) is 84.9 Å². The van der Waals surface area contributed by atoms with E-state index in [0.717, 1.165) is 11.1 Å². The lowest BCUT2D eigenvalue weighted by atomic mass is 10.0. The summed E-state index contributed by atoms with van der Waals surface area (Å²) < 4.78 is 0. The zero-order chi connectivity index (χ0) is 26.4. The molecule has 0 fully saturated rings. The number of nitrogens with one attached hydrogen (secondary N) is 2. The molecule has 10 nitrogen and oxygen atoms in total. The van der Waals surface area contributed by atoms with Gasteiger partial charge in [0.1, 0.15) is 22.8 Å². The van der Waals surface area contributed by atoms with Crippen molar-refractivity contribution in [2.75, 3.05) is 10.6 Å². The van der Waals surface area contributed by atoms with Gasteiger partial charge in [0.25, 0.3) is 11.8 Å². The SMILES string of the molecule is O=C(O)c1cccc(C(=O)Nc2ccc(Cc3ccc(NC(=O)c4cccc(C(=O)O)n4)cc3)cc2)n1. The van der Waals surface area contributed by atoms with Gasteiger partial charge < -0.3 is 20.8 Å². The highest BCUT2D eigenvalue weighted by atomic mass is 16.4. The quantitative estimate of drug-likeness (QED) is 0.285. The second-order valence-corrected chi connectivity index (χ2v) is 7.91. The summed E-state index contributed by atoms with van der Waals surface area (Å²) in [5.41, 5.74) is 2.62. The maximum atomic E-state index is 12.4. The van der Waals surface area contributed by atoms with Gasteiger partial charge in [-0.25, -0.2) is 19.6 Å². The molecule has 2 heterocycles. The van der Waals surface area contributed by atoms with E-state index in [4.69, 9.17) is 10.2 Å². The van der Waals surface area contributed by atoms with Crippen LogP contribution >= 0.6 is 0 Å². The molecule has 0 radical (unpaired) electrons. The summed E-state index contributed by atoms with van der Waals surface area (Å²) in [6, 6.07) is 22.8. The lowest BCUT2D eigenvalue weighted by Gasteiger charge is -2.08. The maximum Gasteiger partial charge on any atom is 0.354 e. The van der Waals surface area contributed by atoms with Crippen molar-refractivity contribution >= 4 is 35.1 Å². The Labute approximate surface area is 210 Å². The fraction of sp³-hybridized carbons (Fsp3) is 0.0370. The molecule has 2 aromatic heterocycles. The van der Waals surface area contributed by atoms with Crippen molar-refractivity contribution in [1.29, 1.82) is 0 Å². The summed E-state index contributed by atoms with van der Waals surface area (Å²) in [6.07, 6.45) is 0.604. The van der Waals surface area contributed by atoms with Crippen LogP contribution < -0.4 is 10.6 Å². The number of rotatable bonds is 8. The number of nitrogens with zero attached hydrogens (tertiary/aromatic N) is 2. The minimum atomic E-state index is -1.21. The van der Waals surface area contributed by atoms with Gasteiger partial charge in [0.15, 0.2) is 0 Å². The monoisotopic (exact) mass is 496 g/mol. The Morgan fingerprint density at radius 1 is 0.541 bits per heavy atom. The molecule has 0 unspecified atom stereocenters. The Morgan fingerprint density at radius 2 is 0.892 bits per heavy atom. The van der Waals surface area contributed by atoms with Gasteiger partial charge in [-0.3, -0.25) is 9.59 Å². The molecule has 0 aliphatic heterocycles. The number of amides is 2. The van der Waals surface area contributed by atoms with Crippen molar-refractivity contribution < 1.29 is 29.4 Å². The van der Waals surface area contributed by atoms with E-state index in [1.54, 1.807) is 24.3 Å². The van der Waals surface area contributed by atoms with E-state index in [0.29, 0.717) is 17.8 Å². The lowest BCUT2D eigenvalue weighted by molar-refractivity contribution is 0.0679. The molecule has 4 aromatic rings. The van der Waals surface area contributed by atoms with Crippen LogP contribution in [0.5, 0.6) is 0 Å². The maximum absolute atomic E-state index is 12.4. The average Bonchev–Trinajstić information content (AvgIpc) is 2.91. The number of benzene rings is 2. The summed E-state index contributed by atoms with van der Waals surface area (Å²) in [5.74, 6) is -3.45. The number of carbonyl (C=O) groups is 4. The molecule has 2 aromatic carbocycles. The Kier molecular flexibility index (Phi) is 7.29. The Morgan fingerprint density at radius 3 is 1.24 bits per heavy atom. The van der Waals surface area contributed by atoms with Crippen LogP contribution in [0.3, 0.4) is 0 Å². The van der Waals surface area contributed by atoms with E-state index in [2.05, 4.69) is 20.6 Å². The van der Waals surface area contributed by atoms with Crippen LogP contribution in [-0.4, -0.2) is 43.9 Å². The largest absolute Gasteiger partial charge is 0.477 e. The number of hydrogen-bond acceptors (Lipinski definition) is 6. The van der Waals surface area contributed by atoms with Crippen LogP contribution in [-0.2, 0) is 6.42 Å². The molecule has 184 valence electrons. The molecule has 2 amide bonds. The van der Waals surface area contributed by atoms with Crippen molar-refractivity contribution in [1.82, 2.24) is 9.97 Å². The highest BCUT2D eigenvalue weighted by Crippen LogP contribution is 2.17. The fourth-order valence-corrected chi connectivity index (χ4v) is 3.40. The van der Waals surface area contributed by atoms with Crippen molar-refractivity contribution in [3.05, 3.63) is 119 Å². The Balaban J connectivity index is 1.34. The standard InChI is InChI=1S/C27H20N4O6/c32-24(20-3-1-5-22(30-20)26(34)35)28-18-11-7-16(8-12-18)15-17-9-13-19(14-10-17)29-25(33)21-4-2-6-23(31-21)27(36)37/h1-14H,15H2,(H,28,32)(H,29,33)(H,34,35)(H,36,37). The molecule has 37 heavy (non-hydrogen) atoms. The van der Waals surface area contributed by atoms with E-state index >= 15 is 0 Å². The van der Waals surface area contributed by atoms with Gasteiger partial charge in [-0.05, 0) is 66.1 Å². The van der Waals surface area contributed by atoms with E-state index in [-0.39, 0.29) is 22.8 Å². The molecule has 4 N–H and O–H groups in total. The van der Waals surface area contributed by atoms with Crippen LogP contribution in [0.1, 0.15) is 53.1 Å². The molecule has 10 heteroatoms. The normalized spacial score (nSPS) is 10.4. The number of pyridine rings is 2. The minimum absolute atomic E-state index is 0.00142. The summed E-state index contributed by atoms with van der Waals surface area (Å²) in [7, 11) is 0. The van der Waals surface area contributed by atoms with Crippen molar-refractivity contribution in [3.63, 3.8) is 0 Å². The third-order valence-corrected chi connectivity index (χ3v) is 5.23. The summed E-state index contributed by atoms with van der Waals surface area (Å²) >= 11 is 0. The predicted molar refractivity (Wildman–Crippen MR) is 134 cm³/mol. The summed E-state index contributed by atoms with van der Waals surface area (Å²) in [4.78, 5) is 54.5. The van der Waals surface area contributed by atoms with Crippen molar-refractivity contribution in [2.45, 2.75) is 6.42 Å². The molecule has 4 rings (SSSR count). The number of anilines is 2. The van der Waals surface area contributed by atoms with Crippen molar-refractivity contribution in [2.24, 2.45) is 0 Å². The molecule has 0 saturated heterocycles. The van der Waals surface area contributed by atoms with Crippen LogP contribution in [0.4, 0.5) is 11.4 Å². The van der Waals surface area contributed by atoms with Gasteiger partial charge in [-0.1, -0.05) is 36.4 Å². The lowest BCUT2D eigenvalue weighted by Crippen LogP contribution is -2.15. The number of hydrogen-bond donors (Lipinski definition) is 4. The number of aromatic nitrogens is 2. The second-order valence-electron chi connectivity index (χ2n) is 7.91. The van der Waals surface area contributed by atoms with Gasteiger partial charge in [0.2, 0.25) is 0 Å². The molecule has 0 aliphatic rings. The van der Waals surface area contributed by atoms with E-state index in [9.17, 15) is 19.2 Å². The van der Waals surface area contributed by atoms with Crippen LogP contribution in [0.25, 0.3) is 0 Å². The molecule has 0 bridgehead atoms. The third-order valence-electron chi connectivity index (χ3n) is 5.23. The van der Waals surface area contributed by atoms with Gasteiger partial charge >= 0.3 is 11.9 Å². The highest BCUT2D eigenvalue weighted by Gasteiger charge is 2.13. The summed E-state index contributed by atoms with van der Waals surface area (Å²) in [6.45, 7) is 0. The highest BCUT2D eigenvalue weighted by molar-refractivity contribution is 6.04. The first-order valence-corrected chi connectivity index (χ1v) is 11.0. The first-order chi connectivity index (χ1) is 17.8. The Hall–Kier alpha value is -5.38. The summed E-state index contributed by atoms with van der Waals surface area (Å²) in [5, 5.41) is 23.4. The topological polar surface area (TPSA) is 159 Å². The van der Waals surface area contributed by atoms with Gasteiger partial charge in [-0.2, -0.15) is 0 Å². The predicted octanol–water partition coefficient (Wildman–Crippen LogP) is 3.97. The molecule has 0 saturated carbocycles. The van der Waals surface area contributed by atoms with Gasteiger partial charge in [0, 0.05) is 11.4 Å². The van der Waals surface area contributed by atoms with E-state index in [1.807, 2.05) is 24.3 Å². The molecular formula is C27H20N4O6. The minimum Gasteiger partial charge on any atom is -0.477 e. The first kappa shape index (κ1) is 24.7. The van der Waals surface area contributed by atoms with E-state index in [1.165, 1.54) is 36.4 Å². The van der Waals surface area contributed by atoms with Gasteiger partial charge in [0.05, 0.1) is 0 Å². The zero-order valence-electron chi connectivity index (χ0n) is 19.2. The van der Waals surface area contributed by atoms with Crippen molar-refractivity contribution in [3.8, 4) is 0 Å². The first-order valence-electron chi connectivity index (χ1n) is 11.0. The fourth-order valence-electron chi connectivity index (χ4n) is 3.40. The molecular weight excluding hydrogens is 476 g/mol. The van der Waals surface area contributed by atoms with Crippen LogP contribution in [0, 0.1) is 0 Å². The number of aromatic carboxylic acids is 2. The smallest absolute Gasteiger partial charge is 0.354 e. The average molecular weight is 496 g/mol. The zero-order valence-corrected chi connectivity index (χ0v) is 19.2.